The maximum Gasteiger partial charge on any atom is 0.269 e. The third-order valence-corrected chi connectivity index (χ3v) is 2.50. The molecule has 3 heteroatoms. The van der Waals surface area contributed by atoms with Crippen molar-refractivity contribution in [2.75, 3.05) is 0 Å². The second-order valence-corrected chi connectivity index (χ2v) is 3.48. The average molecular weight is 205 g/mol. The first-order valence-corrected chi connectivity index (χ1v) is 5.04. The molecule has 0 aromatic heterocycles. The zero-order chi connectivity index (χ0) is 11.3. The number of hydrogen-bond acceptors (Lipinski definition) is 2. The van der Waals surface area contributed by atoms with Crippen LogP contribution in [0.25, 0.3) is 0 Å². The van der Waals surface area contributed by atoms with Crippen molar-refractivity contribution < 1.29 is 4.92 Å². The van der Waals surface area contributed by atoms with E-state index in [1.165, 1.54) is 6.07 Å². The summed E-state index contributed by atoms with van der Waals surface area (Å²) in [4.78, 5) is 10.3. The third kappa shape index (κ3) is 2.91. The summed E-state index contributed by atoms with van der Waals surface area (Å²) in [5.74, 6) is 0.336. The van der Waals surface area contributed by atoms with E-state index in [4.69, 9.17) is 0 Å². The fourth-order valence-corrected chi connectivity index (χ4v) is 1.63. The molecule has 0 aliphatic rings. The molecule has 80 valence electrons. The second kappa shape index (κ2) is 5.29. The maximum atomic E-state index is 10.6. The van der Waals surface area contributed by atoms with Crippen LogP contribution in [-0.2, 0) is 0 Å². The van der Waals surface area contributed by atoms with Crippen LogP contribution < -0.4 is 0 Å². The van der Waals surface area contributed by atoms with Gasteiger partial charge in [0.25, 0.3) is 5.69 Å². The Morgan fingerprint density at radius 1 is 1.60 bits per heavy atom. The van der Waals surface area contributed by atoms with Gasteiger partial charge in [-0.2, -0.15) is 0 Å². The van der Waals surface area contributed by atoms with Crippen LogP contribution in [0.5, 0.6) is 0 Å². The molecule has 0 aliphatic heterocycles. The molecule has 0 radical (unpaired) electrons. The van der Waals surface area contributed by atoms with Crippen molar-refractivity contribution in [2.45, 2.75) is 25.7 Å². The first kappa shape index (κ1) is 11.4. The number of allylic oxidation sites excluding steroid dienone is 1. The van der Waals surface area contributed by atoms with Gasteiger partial charge in [-0.15, -0.1) is 6.58 Å². The SMILES string of the molecule is C=CCC(CC)c1cccc([N+](=O)[O-])c1. The standard InChI is InChI=1S/C12H15NO2/c1-3-6-10(4-2)11-7-5-8-12(9-11)13(14)15/h3,5,7-10H,1,4,6H2,2H3. The van der Waals surface area contributed by atoms with Crippen LogP contribution in [0.4, 0.5) is 5.69 Å². The van der Waals surface area contributed by atoms with Gasteiger partial charge < -0.3 is 0 Å². The van der Waals surface area contributed by atoms with Gasteiger partial charge in [0.15, 0.2) is 0 Å². The number of hydrogen-bond donors (Lipinski definition) is 0. The van der Waals surface area contributed by atoms with Crippen molar-refractivity contribution in [3.8, 4) is 0 Å². The summed E-state index contributed by atoms with van der Waals surface area (Å²) in [6, 6.07) is 6.84. The van der Waals surface area contributed by atoms with Crippen molar-refractivity contribution in [3.63, 3.8) is 0 Å². The van der Waals surface area contributed by atoms with Gasteiger partial charge in [0.1, 0.15) is 0 Å². The molecular formula is C12H15NO2. The summed E-state index contributed by atoms with van der Waals surface area (Å²) >= 11 is 0. The smallest absolute Gasteiger partial charge is 0.258 e. The molecule has 0 amide bonds. The predicted molar refractivity (Wildman–Crippen MR) is 60.9 cm³/mol. The van der Waals surface area contributed by atoms with E-state index in [1.54, 1.807) is 12.1 Å². The zero-order valence-corrected chi connectivity index (χ0v) is 8.85. The van der Waals surface area contributed by atoms with Gasteiger partial charge in [-0.25, -0.2) is 0 Å². The molecule has 1 unspecified atom stereocenters. The summed E-state index contributed by atoms with van der Waals surface area (Å²) in [7, 11) is 0. The Morgan fingerprint density at radius 3 is 2.87 bits per heavy atom. The molecular weight excluding hydrogens is 190 g/mol. The highest BCUT2D eigenvalue weighted by Crippen LogP contribution is 2.26. The van der Waals surface area contributed by atoms with Crippen LogP contribution in [0.3, 0.4) is 0 Å². The molecule has 0 aliphatic carbocycles. The van der Waals surface area contributed by atoms with Crippen molar-refractivity contribution in [3.05, 3.63) is 52.6 Å². The Morgan fingerprint density at radius 2 is 2.33 bits per heavy atom. The lowest BCUT2D eigenvalue weighted by Gasteiger charge is -2.12. The number of nitrogens with zero attached hydrogens (tertiary/aromatic N) is 1. The van der Waals surface area contributed by atoms with Crippen LogP contribution in [0, 0.1) is 10.1 Å². The molecule has 1 aromatic carbocycles. The Bertz CT molecular complexity index is 360. The highest BCUT2D eigenvalue weighted by atomic mass is 16.6. The normalized spacial score (nSPS) is 12.1. The Labute approximate surface area is 89.6 Å². The minimum atomic E-state index is -0.357. The van der Waals surface area contributed by atoms with E-state index in [0.29, 0.717) is 5.92 Å². The minimum absolute atomic E-state index is 0.162. The lowest BCUT2D eigenvalue weighted by atomic mass is 9.93. The molecule has 0 heterocycles. The summed E-state index contributed by atoms with van der Waals surface area (Å²) < 4.78 is 0. The first-order valence-electron chi connectivity index (χ1n) is 5.04. The second-order valence-electron chi connectivity index (χ2n) is 3.48. The molecule has 1 rings (SSSR count). The molecule has 0 spiro atoms. The van der Waals surface area contributed by atoms with E-state index in [2.05, 4.69) is 13.5 Å². The number of nitro benzene ring substituents is 1. The van der Waals surface area contributed by atoms with Crippen LogP contribution in [0.1, 0.15) is 31.2 Å². The topological polar surface area (TPSA) is 43.1 Å². The van der Waals surface area contributed by atoms with E-state index in [0.717, 1.165) is 18.4 Å². The van der Waals surface area contributed by atoms with Crippen molar-refractivity contribution >= 4 is 5.69 Å². The average Bonchev–Trinajstić information content (AvgIpc) is 2.26. The van der Waals surface area contributed by atoms with Crippen LogP contribution >= 0.6 is 0 Å². The van der Waals surface area contributed by atoms with E-state index < -0.39 is 0 Å². The lowest BCUT2D eigenvalue weighted by molar-refractivity contribution is -0.384. The zero-order valence-electron chi connectivity index (χ0n) is 8.85. The summed E-state index contributed by atoms with van der Waals surface area (Å²) in [5.41, 5.74) is 1.18. The van der Waals surface area contributed by atoms with Gasteiger partial charge in [-0.1, -0.05) is 25.1 Å². The van der Waals surface area contributed by atoms with Gasteiger partial charge in [0, 0.05) is 12.1 Å². The molecule has 15 heavy (non-hydrogen) atoms. The monoisotopic (exact) mass is 205 g/mol. The van der Waals surface area contributed by atoms with Gasteiger partial charge in [0.05, 0.1) is 4.92 Å². The fourth-order valence-electron chi connectivity index (χ4n) is 1.63. The van der Waals surface area contributed by atoms with Crippen LogP contribution in [0.2, 0.25) is 0 Å². The lowest BCUT2D eigenvalue weighted by Crippen LogP contribution is -1.97. The maximum absolute atomic E-state index is 10.6. The number of non-ortho nitro benzene ring substituents is 1. The van der Waals surface area contributed by atoms with E-state index in [9.17, 15) is 10.1 Å². The van der Waals surface area contributed by atoms with E-state index in [1.807, 2.05) is 12.1 Å². The molecule has 3 nitrogen and oxygen atoms in total. The fraction of sp³-hybridized carbons (Fsp3) is 0.333. The third-order valence-electron chi connectivity index (χ3n) is 2.50. The molecule has 0 N–H and O–H groups in total. The molecule has 0 saturated carbocycles. The van der Waals surface area contributed by atoms with Crippen LogP contribution in [-0.4, -0.2) is 4.92 Å². The number of rotatable bonds is 5. The molecule has 0 saturated heterocycles. The number of benzene rings is 1. The summed E-state index contributed by atoms with van der Waals surface area (Å²) in [6.45, 7) is 5.77. The van der Waals surface area contributed by atoms with E-state index >= 15 is 0 Å². The Balaban J connectivity index is 2.97. The Kier molecular flexibility index (Phi) is 4.03. The Hall–Kier alpha value is -1.64. The molecule has 1 atom stereocenters. The van der Waals surface area contributed by atoms with Crippen molar-refractivity contribution in [1.82, 2.24) is 0 Å². The molecule has 1 aromatic rings. The van der Waals surface area contributed by atoms with Crippen molar-refractivity contribution in [1.29, 1.82) is 0 Å². The van der Waals surface area contributed by atoms with Crippen molar-refractivity contribution in [2.24, 2.45) is 0 Å². The number of nitro groups is 1. The largest absolute Gasteiger partial charge is 0.269 e. The van der Waals surface area contributed by atoms with Gasteiger partial charge in [-0.05, 0) is 24.3 Å². The van der Waals surface area contributed by atoms with Crippen LogP contribution in [0.15, 0.2) is 36.9 Å². The van der Waals surface area contributed by atoms with Gasteiger partial charge >= 0.3 is 0 Å². The van der Waals surface area contributed by atoms with E-state index in [-0.39, 0.29) is 10.6 Å². The highest BCUT2D eigenvalue weighted by molar-refractivity contribution is 5.36. The molecule has 0 fully saturated rings. The quantitative estimate of drug-likeness (QED) is 0.418. The molecule has 0 bridgehead atoms. The summed E-state index contributed by atoms with van der Waals surface area (Å²) in [6.07, 6.45) is 3.68. The first-order chi connectivity index (χ1) is 7.19. The predicted octanol–water partition coefficient (Wildman–Crippen LogP) is 3.66. The minimum Gasteiger partial charge on any atom is -0.258 e. The summed E-state index contributed by atoms with van der Waals surface area (Å²) in [5, 5.41) is 10.6. The van der Waals surface area contributed by atoms with Gasteiger partial charge in [-0.3, -0.25) is 10.1 Å². The highest BCUT2D eigenvalue weighted by Gasteiger charge is 2.11. The van der Waals surface area contributed by atoms with Gasteiger partial charge in [0.2, 0.25) is 0 Å².